The number of amides is 2. The maximum Gasteiger partial charge on any atom is 0.324 e. The first kappa shape index (κ1) is 24.9. The van der Waals surface area contributed by atoms with Crippen LogP contribution in [-0.4, -0.2) is 79.9 Å². The van der Waals surface area contributed by atoms with E-state index >= 15 is 0 Å². The number of sulfone groups is 1. The maximum atomic E-state index is 13.4. The fourth-order valence-corrected chi connectivity index (χ4v) is 8.26. The van der Waals surface area contributed by atoms with Gasteiger partial charge in [0.25, 0.3) is 0 Å². The highest BCUT2D eigenvalue weighted by molar-refractivity contribution is 7.93. The van der Waals surface area contributed by atoms with Crippen LogP contribution in [0.4, 0.5) is 9.93 Å². The summed E-state index contributed by atoms with van der Waals surface area (Å²) in [5, 5.41) is 3.37. The molecule has 2 heterocycles. The first-order valence-corrected chi connectivity index (χ1v) is 15.0. The Morgan fingerprint density at radius 3 is 2.21 bits per heavy atom. The van der Waals surface area contributed by atoms with Gasteiger partial charge in [-0.2, -0.15) is 0 Å². The smallest absolute Gasteiger partial charge is 0.324 e. The van der Waals surface area contributed by atoms with Crippen molar-refractivity contribution in [3.63, 3.8) is 0 Å². The molecule has 8 nitrogen and oxygen atoms in total. The minimum Gasteiger partial charge on any atom is -0.379 e. The lowest BCUT2D eigenvalue weighted by Crippen LogP contribution is -2.50. The molecule has 0 aromatic carbocycles. The fourth-order valence-electron chi connectivity index (χ4n) is 5.40. The second kappa shape index (κ2) is 11.5. The Morgan fingerprint density at radius 2 is 1.64 bits per heavy atom. The van der Waals surface area contributed by atoms with Gasteiger partial charge in [-0.1, -0.05) is 49.9 Å². The van der Waals surface area contributed by atoms with Crippen molar-refractivity contribution in [2.24, 2.45) is 0 Å². The lowest BCUT2D eigenvalue weighted by Gasteiger charge is -2.41. The molecule has 3 aliphatic rings. The van der Waals surface area contributed by atoms with Gasteiger partial charge in [0.15, 0.2) is 15.0 Å². The number of thiazole rings is 1. The second-order valence-electron chi connectivity index (χ2n) is 9.59. The third kappa shape index (κ3) is 6.46. The van der Waals surface area contributed by atoms with Crippen molar-refractivity contribution in [1.82, 2.24) is 14.8 Å². The summed E-state index contributed by atoms with van der Waals surface area (Å²) in [5.74, 6) is 0.0553. The highest BCUT2D eigenvalue weighted by atomic mass is 32.2. The van der Waals surface area contributed by atoms with Gasteiger partial charge < -0.3 is 9.64 Å². The van der Waals surface area contributed by atoms with Gasteiger partial charge in [0.2, 0.25) is 0 Å². The van der Waals surface area contributed by atoms with Crippen molar-refractivity contribution < 1.29 is 17.9 Å². The molecule has 3 fully saturated rings. The van der Waals surface area contributed by atoms with Crippen LogP contribution >= 0.6 is 11.3 Å². The van der Waals surface area contributed by atoms with Crippen LogP contribution < -0.4 is 5.32 Å². The molecule has 1 aromatic rings. The van der Waals surface area contributed by atoms with Crippen LogP contribution in [-0.2, 0) is 14.6 Å². The molecule has 0 atom stereocenters. The third-order valence-corrected chi connectivity index (χ3v) is 10.7. The largest absolute Gasteiger partial charge is 0.379 e. The van der Waals surface area contributed by atoms with Crippen molar-refractivity contribution in [1.29, 1.82) is 0 Å². The lowest BCUT2D eigenvalue weighted by atomic mass is 9.89. The number of ether oxygens (including phenoxy) is 1. The molecule has 4 rings (SSSR count). The van der Waals surface area contributed by atoms with Crippen LogP contribution in [0.3, 0.4) is 0 Å². The minimum atomic E-state index is -3.46. The molecule has 0 radical (unpaired) electrons. The van der Waals surface area contributed by atoms with Crippen molar-refractivity contribution in [3.05, 3.63) is 5.69 Å². The predicted molar refractivity (Wildman–Crippen MR) is 131 cm³/mol. The van der Waals surface area contributed by atoms with Crippen LogP contribution in [0, 0.1) is 6.92 Å². The first-order chi connectivity index (χ1) is 15.9. The van der Waals surface area contributed by atoms with Gasteiger partial charge in [-0.15, -0.1) is 0 Å². The van der Waals surface area contributed by atoms with Gasteiger partial charge in [-0.05, 0) is 32.6 Å². The predicted octanol–water partition coefficient (Wildman–Crippen LogP) is 4.06. The van der Waals surface area contributed by atoms with E-state index in [1.165, 1.54) is 38.5 Å². The number of hydrogen-bond acceptors (Lipinski definition) is 7. The number of morpholine rings is 1. The second-order valence-corrected chi connectivity index (χ2v) is 12.9. The van der Waals surface area contributed by atoms with E-state index in [9.17, 15) is 13.2 Å². The van der Waals surface area contributed by atoms with Crippen LogP contribution in [0.15, 0.2) is 4.21 Å². The van der Waals surface area contributed by atoms with Gasteiger partial charge in [0, 0.05) is 31.7 Å². The molecule has 0 bridgehead atoms. The van der Waals surface area contributed by atoms with E-state index < -0.39 is 9.84 Å². The summed E-state index contributed by atoms with van der Waals surface area (Å²) in [7, 11) is -3.46. The Bertz CT molecular complexity index is 868. The molecule has 1 aliphatic heterocycles. The molecule has 33 heavy (non-hydrogen) atoms. The number of aromatic nitrogens is 1. The average Bonchev–Trinajstić information content (AvgIpc) is 3.21. The summed E-state index contributed by atoms with van der Waals surface area (Å²) < 4.78 is 31.6. The quantitative estimate of drug-likeness (QED) is 0.610. The first-order valence-electron chi connectivity index (χ1n) is 12.5. The number of rotatable bonds is 7. The van der Waals surface area contributed by atoms with E-state index in [4.69, 9.17) is 4.74 Å². The molecular formula is C23H38N4O4S2. The normalized spacial score (nSPS) is 21.7. The lowest BCUT2D eigenvalue weighted by molar-refractivity contribution is 0.0408. The number of nitrogens with zero attached hydrogens (tertiary/aromatic N) is 3. The summed E-state index contributed by atoms with van der Waals surface area (Å²) in [6.45, 7) is 5.02. The van der Waals surface area contributed by atoms with Crippen molar-refractivity contribution >= 4 is 32.3 Å². The van der Waals surface area contributed by atoms with E-state index in [0.717, 1.165) is 50.1 Å². The van der Waals surface area contributed by atoms with Crippen LogP contribution in [0.5, 0.6) is 0 Å². The molecule has 2 saturated carbocycles. The number of nitrogens with one attached hydrogen (secondary N) is 1. The Hall–Kier alpha value is -1.23. The summed E-state index contributed by atoms with van der Waals surface area (Å²) in [6, 6.07) is 0.444. The molecule has 1 N–H and O–H groups in total. The number of urea groups is 1. The van der Waals surface area contributed by atoms with Crippen LogP contribution in [0.2, 0.25) is 0 Å². The standard InChI is InChI=1S/C23H38N4O4S2/c1-18-21(33(29,30)17-14-26-12-15-31-16-13-26)32-22(24-18)25-23(28)27(19-8-4-2-5-9-19)20-10-6-3-7-11-20/h19-20H,2-17H2,1H3,(H,24,25,28). The fraction of sp³-hybridized carbons (Fsp3) is 0.826. The average molecular weight is 499 g/mol. The molecule has 0 spiro atoms. The van der Waals surface area contributed by atoms with Crippen LogP contribution in [0.25, 0.3) is 0 Å². The molecule has 2 amide bonds. The van der Waals surface area contributed by atoms with Gasteiger partial charge in [-0.3, -0.25) is 10.2 Å². The topological polar surface area (TPSA) is 91.8 Å². The molecule has 1 saturated heterocycles. The molecule has 2 aliphatic carbocycles. The third-order valence-electron chi connectivity index (χ3n) is 7.20. The zero-order chi connectivity index (χ0) is 23.3. The zero-order valence-corrected chi connectivity index (χ0v) is 21.4. The summed E-state index contributed by atoms with van der Waals surface area (Å²) in [6.07, 6.45) is 11.4. The number of carbonyl (C=O) groups is 1. The van der Waals surface area contributed by atoms with E-state index in [2.05, 4.69) is 20.1 Å². The Balaban J connectivity index is 1.43. The van der Waals surface area contributed by atoms with Crippen molar-refractivity contribution in [2.75, 3.05) is 43.9 Å². The van der Waals surface area contributed by atoms with Gasteiger partial charge in [0.05, 0.1) is 24.7 Å². The Morgan fingerprint density at radius 1 is 1.06 bits per heavy atom. The van der Waals surface area contributed by atoms with Crippen LogP contribution in [0.1, 0.15) is 69.9 Å². The number of aryl methyl sites for hydroxylation is 1. The number of hydrogen-bond donors (Lipinski definition) is 1. The SMILES string of the molecule is Cc1nc(NC(=O)N(C2CCCCC2)C2CCCCC2)sc1S(=O)(=O)CCN1CCOCC1. The molecule has 10 heteroatoms. The van der Waals surface area contributed by atoms with Gasteiger partial charge in [0.1, 0.15) is 4.21 Å². The molecule has 0 unspecified atom stereocenters. The Labute approximate surface area is 202 Å². The summed E-state index contributed by atoms with van der Waals surface area (Å²) >= 11 is 1.09. The molecule has 1 aromatic heterocycles. The summed E-state index contributed by atoms with van der Waals surface area (Å²) in [4.78, 5) is 22.1. The van der Waals surface area contributed by atoms with Gasteiger partial charge >= 0.3 is 6.03 Å². The van der Waals surface area contributed by atoms with E-state index in [0.29, 0.717) is 30.6 Å². The number of anilines is 1. The van der Waals surface area contributed by atoms with E-state index in [1.807, 2.05) is 0 Å². The maximum absolute atomic E-state index is 13.4. The van der Waals surface area contributed by atoms with E-state index in [-0.39, 0.29) is 28.1 Å². The van der Waals surface area contributed by atoms with Crippen molar-refractivity contribution in [3.8, 4) is 0 Å². The number of carbonyl (C=O) groups excluding carboxylic acids is 1. The van der Waals surface area contributed by atoms with Crippen molar-refractivity contribution in [2.45, 2.75) is 87.4 Å². The van der Waals surface area contributed by atoms with E-state index in [1.54, 1.807) is 6.92 Å². The minimum absolute atomic E-state index is 0.0553. The highest BCUT2D eigenvalue weighted by Gasteiger charge is 2.33. The monoisotopic (exact) mass is 498 g/mol. The Kier molecular flexibility index (Phi) is 8.64. The highest BCUT2D eigenvalue weighted by Crippen LogP contribution is 2.32. The zero-order valence-electron chi connectivity index (χ0n) is 19.8. The molecular weight excluding hydrogens is 460 g/mol. The van der Waals surface area contributed by atoms with Gasteiger partial charge in [-0.25, -0.2) is 18.2 Å². The molecule has 186 valence electrons. The summed E-state index contributed by atoms with van der Waals surface area (Å²) in [5.41, 5.74) is 0.471.